The van der Waals surface area contributed by atoms with Crippen LogP contribution in [0.1, 0.15) is 65.6 Å². The molecule has 3 nitrogen and oxygen atoms in total. The third-order valence-corrected chi connectivity index (χ3v) is 4.33. The molecule has 4 heteroatoms. The molecule has 2 N–H and O–H groups in total. The van der Waals surface area contributed by atoms with Crippen LogP contribution in [0.25, 0.3) is 0 Å². The van der Waals surface area contributed by atoms with Gasteiger partial charge in [0.2, 0.25) is 0 Å². The second kappa shape index (κ2) is 9.10. The number of hydrogen-bond donors (Lipinski definition) is 2. The Labute approximate surface area is 120 Å². The summed E-state index contributed by atoms with van der Waals surface area (Å²) in [5.74, 6) is -0.824. The van der Waals surface area contributed by atoms with E-state index in [1.807, 2.05) is 6.92 Å². The lowest BCUT2D eigenvalue weighted by Gasteiger charge is -2.04. The van der Waals surface area contributed by atoms with E-state index in [4.69, 9.17) is 5.11 Å². The van der Waals surface area contributed by atoms with Crippen LogP contribution in [0, 0.1) is 6.92 Å². The molecule has 0 aromatic carbocycles. The predicted molar refractivity (Wildman–Crippen MR) is 81.1 cm³/mol. The molecule has 0 fully saturated rings. The van der Waals surface area contributed by atoms with Crippen molar-refractivity contribution >= 4 is 17.3 Å². The number of nitrogens with one attached hydrogen (secondary N) is 1. The maximum Gasteiger partial charge on any atom is 0.345 e. The topological polar surface area (TPSA) is 49.3 Å². The fraction of sp³-hybridized carbons (Fsp3) is 0.667. The molecule has 0 aliphatic carbocycles. The maximum absolute atomic E-state index is 10.9. The Kier molecular flexibility index (Phi) is 7.75. The minimum atomic E-state index is -0.824. The molecule has 19 heavy (non-hydrogen) atoms. The van der Waals surface area contributed by atoms with E-state index in [2.05, 4.69) is 12.2 Å². The summed E-state index contributed by atoms with van der Waals surface area (Å²) in [5, 5.41) is 12.3. The molecule has 0 saturated heterocycles. The highest BCUT2D eigenvalue weighted by Gasteiger charge is 2.10. The Balaban J connectivity index is 2.14. The number of carbonyl (C=O) groups is 1. The minimum absolute atomic E-state index is 0.439. The van der Waals surface area contributed by atoms with Crippen molar-refractivity contribution in [3.05, 3.63) is 21.4 Å². The molecule has 1 aromatic rings. The van der Waals surface area contributed by atoms with Crippen molar-refractivity contribution in [2.45, 2.75) is 58.9 Å². The van der Waals surface area contributed by atoms with Crippen molar-refractivity contribution in [2.75, 3.05) is 6.54 Å². The van der Waals surface area contributed by atoms with E-state index >= 15 is 0 Å². The van der Waals surface area contributed by atoms with Crippen LogP contribution in [-0.4, -0.2) is 17.6 Å². The fourth-order valence-corrected chi connectivity index (χ4v) is 2.93. The van der Waals surface area contributed by atoms with E-state index in [9.17, 15) is 4.79 Å². The van der Waals surface area contributed by atoms with Crippen molar-refractivity contribution < 1.29 is 9.90 Å². The van der Waals surface area contributed by atoms with Gasteiger partial charge in [0.15, 0.2) is 0 Å². The van der Waals surface area contributed by atoms with Gasteiger partial charge in [0.1, 0.15) is 4.88 Å². The maximum atomic E-state index is 10.9. The van der Waals surface area contributed by atoms with Gasteiger partial charge in [-0.3, -0.25) is 0 Å². The SMILES string of the molecule is CCCCCCCCNCc1cc(C(=O)O)sc1C. The Morgan fingerprint density at radius 1 is 1.26 bits per heavy atom. The van der Waals surface area contributed by atoms with Crippen molar-refractivity contribution in [2.24, 2.45) is 0 Å². The molecule has 0 aliphatic rings. The highest BCUT2D eigenvalue weighted by Crippen LogP contribution is 2.21. The van der Waals surface area contributed by atoms with Gasteiger partial charge in [-0.15, -0.1) is 11.3 Å². The molecule has 1 heterocycles. The molecule has 0 atom stereocenters. The van der Waals surface area contributed by atoms with Gasteiger partial charge in [0.05, 0.1) is 0 Å². The van der Waals surface area contributed by atoms with Crippen LogP contribution in [0.3, 0.4) is 0 Å². The van der Waals surface area contributed by atoms with Gasteiger partial charge >= 0.3 is 5.97 Å². The summed E-state index contributed by atoms with van der Waals surface area (Å²) in [6.07, 6.45) is 7.81. The van der Waals surface area contributed by atoms with Gasteiger partial charge < -0.3 is 10.4 Å². The average Bonchev–Trinajstić information content (AvgIpc) is 2.74. The third-order valence-electron chi connectivity index (χ3n) is 3.25. The van der Waals surface area contributed by atoms with E-state index in [0.29, 0.717) is 4.88 Å². The van der Waals surface area contributed by atoms with Crippen molar-refractivity contribution in [1.29, 1.82) is 0 Å². The third kappa shape index (κ3) is 6.21. The fourth-order valence-electron chi connectivity index (χ4n) is 2.05. The minimum Gasteiger partial charge on any atom is -0.477 e. The lowest BCUT2D eigenvalue weighted by Crippen LogP contribution is -2.14. The van der Waals surface area contributed by atoms with Crippen LogP contribution < -0.4 is 5.32 Å². The summed E-state index contributed by atoms with van der Waals surface area (Å²) in [7, 11) is 0. The molecule has 1 rings (SSSR count). The zero-order valence-corrected chi connectivity index (χ0v) is 12.8. The number of hydrogen-bond acceptors (Lipinski definition) is 3. The smallest absolute Gasteiger partial charge is 0.345 e. The van der Waals surface area contributed by atoms with E-state index in [0.717, 1.165) is 23.5 Å². The van der Waals surface area contributed by atoms with Crippen LogP contribution in [0.4, 0.5) is 0 Å². The molecule has 1 aromatic heterocycles. The summed E-state index contributed by atoms with van der Waals surface area (Å²) in [5.41, 5.74) is 1.12. The van der Waals surface area contributed by atoms with Gasteiger partial charge in [-0.2, -0.15) is 0 Å². The lowest BCUT2D eigenvalue weighted by molar-refractivity contribution is 0.0702. The van der Waals surface area contributed by atoms with Crippen LogP contribution >= 0.6 is 11.3 Å². The quantitative estimate of drug-likeness (QED) is 0.633. The number of thiophene rings is 1. The van der Waals surface area contributed by atoms with Crippen LogP contribution in [0.2, 0.25) is 0 Å². The first-order valence-electron chi connectivity index (χ1n) is 7.18. The van der Waals surface area contributed by atoms with Crippen molar-refractivity contribution in [1.82, 2.24) is 5.32 Å². The van der Waals surface area contributed by atoms with Gasteiger partial charge in [-0.05, 0) is 31.5 Å². The summed E-state index contributed by atoms with van der Waals surface area (Å²) >= 11 is 1.36. The lowest BCUT2D eigenvalue weighted by atomic mass is 10.1. The zero-order valence-electron chi connectivity index (χ0n) is 12.0. The number of carboxylic acid groups (broad SMARTS) is 1. The molecular formula is C15H25NO2S. The molecular weight excluding hydrogens is 258 g/mol. The Morgan fingerprint density at radius 3 is 2.58 bits per heavy atom. The molecule has 0 aliphatic heterocycles. The predicted octanol–water partition coefficient (Wildman–Crippen LogP) is 4.20. The van der Waals surface area contributed by atoms with Gasteiger partial charge in [-0.25, -0.2) is 4.79 Å². The molecule has 108 valence electrons. The molecule has 0 radical (unpaired) electrons. The molecule has 0 unspecified atom stereocenters. The molecule has 0 amide bonds. The van der Waals surface area contributed by atoms with E-state index < -0.39 is 5.97 Å². The average molecular weight is 283 g/mol. The zero-order chi connectivity index (χ0) is 14.1. The largest absolute Gasteiger partial charge is 0.477 e. The van der Waals surface area contributed by atoms with Crippen LogP contribution in [0.15, 0.2) is 6.07 Å². The second-order valence-electron chi connectivity index (χ2n) is 4.94. The standard InChI is InChI=1S/C15H25NO2S/c1-3-4-5-6-7-8-9-16-11-13-10-14(15(17)18)19-12(13)2/h10,16H,3-9,11H2,1-2H3,(H,17,18). The Bertz CT molecular complexity index is 387. The van der Waals surface area contributed by atoms with E-state index in [-0.39, 0.29) is 0 Å². The Morgan fingerprint density at radius 2 is 1.95 bits per heavy atom. The van der Waals surface area contributed by atoms with E-state index in [1.165, 1.54) is 49.9 Å². The highest BCUT2D eigenvalue weighted by atomic mass is 32.1. The van der Waals surface area contributed by atoms with Crippen molar-refractivity contribution in [3.8, 4) is 0 Å². The summed E-state index contributed by atoms with van der Waals surface area (Å²) in [4.78, 5) is 12.4. The number of carboxylic acids is 1. The summed E-state index contributed by atoms with van der Waals surface area (Å²) < 4.78 is 0. The Hall–Kier alpha value is -0.870. The number of aryl methyl sites for hydroxylation is 1. The normalized spacial score (nSPS) is 10.8. The summed E-state index contributed by atoms with van der Waals surface area (Å²) in [6, 6.07) is 1.79. The number of rotatable bonds is 10. The monoisotopic (exact) mass is 283 g/mol. The van der Waals surface area contributed by atoms with Gasteiger partial charge in [-0.1, -0.05) is 39.0 Å². The molecule has 0 bridgehead atoms. The number of aromatic carboxylic acids is 1. The van der Waals surface area contributed by atoms with Crippen molar-refractivity contribution in [3.63, 3.8) is 0 Å². The second-order valence-corrected chi connectivity index (χ2v) is 6.20. The molecule has 0 saturated carbocycles. The van der Waals surface area contributed by atoms with Crippen LogP contribution in [-0.2, 0) is 6.54 Å². The molecule has 0 spiro atoms. The summed E-state index contributed by atoms with van der Waals surface area (Å²) in [6.45, 7) is 6.02. The first-order chi connectivity index (χ1) is 9.15. The highest BCUT2D eigenvalue weighted by molar-refractivity contribution is 7.14. The first kappa shape index (κ1) is 16.2. The van der Waals surface area contributed by atoms with Gasteiger partial charge in [0.25, 0.3) is 0 Å². The van der Waals surface area contributed by atoms with Gasteiger partial charge in [0, 0.05) is 11.4 Å². The van der Waals surface area contributed by atoms with E-state index in [1.54, 1.807) is 6.07 Å². The number of unbranched alkanes of at least 4 members (excludes halogenated alkanes) is 5. The first-order valence-corrected chi connectivity index (χ1v) is 8.00. The van der Waals surface area contributed by atoms with Crippen LogP contribution in [0.5, 0.6) is 0 Å².